The Labute approximate surface area is 148 Å². The molecule has 2 heterocycles. The second-order valence-electron chi connectivity index (χ2n) is 6.86. The molecule has 0 spiro atoms. The van der Waals surface area contributed by atoms with Crippen LogP contribution in [0.2, 0.25) is 0 Å². The van der Waals surface area contributed by atoms with Crippen LogP contribution in [0.15, 0.2) is 0 Å². The lowest BCUT2D eigenvalue weighted by molar-refractivity contribution is -0.134. The molecule has 2 rings (SSSR count). The molecule has 0 aromatic carbocycles. The number of carbonyl (C=O) groups excluding carboxylic acids is 1. The third-order valence-electron chi connectivity index (χ3n) is 5.18. The molecule has 0 aromatic heterocycles. The Balaban J connectivity index is 0.00000220. The summed E-state index contributed by atoms with van der Waals surface area (Å²) in [5.74, 6) is 1.58. The summed E-state index contributed by atoms with van der Waals surface area (Å²) in [5.41, 5.74) is 0. The van der Waals surface area contributed by atoms with Gasteiger partial charge in [-0.3, -0.25) is 4.79 Å². The number of halogens is 2. The van der Waals surface area contributed by atoms with Gasteiger partial charge in [0.15, 0.2) is 0 Å². The number of piperidine rings is 2. The van der Waals surface area contributed by atoms with Crippen LogP contribution in [0.4, 0.5) is 0 Å². The van der Waals surface area contributed by atoms with Crippen molar-refractivity contribution in [2.24, 2.45) is 11.8 Å². The minimum absolute atomic E-state index is 0. The van der Waals surface area contributed by atoms with E-state index in [0.29, 0.717) is 23.8 Å². The fourth-order valence-corrected chi connectivity index (χ4v) is 3.57. The van der Waals surface area contributed by atoms with Crippen LogP contribution in [-0.2, 0) is 4.79 Å². The summed E-state index contributed by atoms with van der Waals surface area (Å²) < 4.78 is 0. The van der Waals surface area contributed by atoms with E-state index in [1.165, 1.54) is 12.8 Å². The summed E-state index contributed by atoms with van der Waals surface area (Å²) in [7, 11) is 4.28. The van der Waals surface area contributed by atoms with Crippen LogP contribution < -0.4 is 5.32 Å². The highest BCUT2D eigenvalue weighted by Gasteiger charge is 2.27. The van der Waals surface area contributed by atoms with Crippen LogP contribution in [0.25, 0.3) is 0 Å². The zero-order valence-corrected chi connectivity index (χ0v) is 15.8. The number of likely N-dealkylation sites (tertiary alicyclic amines) is 1. The summed E-state index contributed by atoms with van der Waals surface area (Å²) in [6, 6.07) is 0.652. The van der Waals surface area contributed by atoms with Gasteiger partial charge in [0.2, 0.25) is 5.91 Å². The maximum absolute atomic E-state index is 12.4. The summed E-state index contributed by atoms with van der Waals surface area (Å²) in [6.07, 6.45) is 5.52. The molecule has 2 unspecified atom stereocenters. The van der Waals surface area contributed by atoms with Gasteiger partial charge in [0, 0.05) is 25.6 Å². The molecule has 132 valence electrons. The summed E-state index contributed by atoms with van der Waals surface area (Å²) in [6.45, 7) is 6.38. The minimum atomic E-state index is 0. The second-order valence-corrected chi connectivity index (χ2v) is 6.86. The monoisotopic (exact) mass is 353 g/mol. The maximum Gasteiger partial charge on any atom is 0.222 e. The van der Waals surface area contributed by atoms with Crippen molar-refractivity contribution in [2.75, 3.05) is 40.3 Å². The number of nitrogens with zero attached hydrogens (tertiary/aromatic N) is 2. The molecule has 2 fully saturated rings. The lowest BCUT2D eigenvalue weighted by Gasteiger charge is -2.36. The van der Waals surface area contributed by atoms with Gasteiger partial charge in [-0.05, 0) is 64.7 Å². The van der Waals surface area contributed by atoms with Gasteiger partial charge in [-0.15, -0.1) is 24.8 Å². The van der Waals surface area contributed by atoms with Crippen molar-refractivity contribution in [3.8, 4) is 0 Å². The normalized spacial score (nSPS) is 24.4. The average molecular weight is 354 g/mol. The summed E-state index contributed by atoms with van der Waals surface area (Å²) >= 11 is 0. The third kappa shape index (κ3) is 6.23. The van der Waals surface area contributed by atoms with E-state index in [0.717, 1.165) is 45.4 Å². The molecular weight excluding hydrogens is 321 g/mol. The Kier molecular flexibility index (Phi) is 10.7. The highest BCUT2D eigenvalue weighted by molar-refractivity contribution is 5.85. The molecular formula is C16H33Cl2N3O. The quantitative estimate of drug-likeness (QED) is 0.842. The van der Waals surface area contributed by atoms with E-state index in [1.54, 1.807) is 0 Å². The molecule has 0 saturated carbocycles. The maximum atomic E-state index is 12.4. The third-order valence-corrected chi connectivity index (χ3v) is 5.18. The van der Waals surface area contributed by atoms with E-state index in [9.17, 15) is 4.79 Å². The van der Waals surface area contributed by atoms with Crippen LogP contribution in [0.5, 0.6) is 0 Å². The molecule has 0 bridgehead atoms. The largest absolute Gasteiger partial charge is 0.343 e. The summed E-state index contributed by atoms with van der Waals surface area (Å²) in [5, 5.41) is 3.46. The zero-order chi connectivity index (χ0) is 14.5. The molecule has 0 aliphatic carbocycles. The van der Waals surface area contributed by atoms with E-state index in [1.807, 2.05) is 0 Å². The molecule has 4 nitrogen and oxygen atoms in total. The Morgan fingerprint density at radius 2 is 1.86 bits per heavy atom. The SMILES string of the molecule is CC(CC(=O)N1CCC(N(C)C)CC1)C1CCCNC1.Cl.Cl. The van der Waals surface area contributed by atoms with Gasteiger partial charge in [0.25, 0.3) is 0 Å². The number of nitrogens with one attached hydrogen (secondary N) is 1. The zero-order valence-electron chi connectivity index (χ0n) is 14.2. The van der Waals surface area contributed by atoms with Crippen molar-refractivity contribution >= 4 is 30.7 Å². The van der Waals surface area contributed by atoms with Crippen molar-refractivity contribution in [3.05, 3.63) is 0 Å². The predicted molar refractivity (Wildman–Crippen MR) is 97.2 cm³/mol. The molecule has 0 radical (unpaired) electrons. The number of rotatable bonds is 4. The summed E-state index contributed by atoms with van der Waals surface area (Å²) in [4.78, 5) is 16.8. The van der Waals surface area contributed by atoms with Gasteiger partial charge < -0.3 is 15.1 Å². The molecule has 2 aliphatic rings. The standard InChI is InChI=1S/C16H31N3O.2ClH/c1-13(14-5-4-8-17-12-14)11-16(20)19-9-6-15(7-10-19)18(2)3;;/h13-15,17H,4-12H2,1-3H3;2*1H. The van der Waals surface area contributed by atoms with E-state index in [-0.39, 0.29) is 24.8 Å². The molecule has 22 heavy (non-hydrogen) atoms. The smallest absolute Gasteiger partial charge is 0.222 e. The van der Waals surface area contributed by atoms with Gasteiger partial charge in [-0.25, -0.2) is 0 Å². The van der Waals surface area contributed by atoms with Gasteiger partial charge in [-0.1, -0.05) is 6.92 Å². The fraction of sp³-hybridized carbons (Fsp3) is 0.938. The van der Waals surface area contributed by atoms with Crippen LogP contribution in [0, 0.1) is 11.8 Å². The number of hydrogen-bond donors (Lipinski definition) is 1. The Morgan fingerprint density at radius 1 is 1.23 bits per heavy atom. The molecule has 1 amide bonds. The molecule has 1 N–H and O–H groups in total. The molecule has 0 aromatic rings. The van der Waals surface area contributed by atoms with Gasteiger partial charge in [0.1, 0.15) is 0 Å². The Bertz CT molecular complexity index is 315. The van der Waals surface area contributed by atoms with Crippen molar-refractivity contribution < 1.29 is 4.79 Å². The van der Waals surface area contributed by atoms with Crippen molar-refractivity contribution in [3.63, 3.8) is 0 Å². The Hall–Kier alpha value is -0.0300. The highest BCUT2D eigenvalue weighted by atomic mass is 35.5. The van der Waals surface area contributed by atoms with Crippen LogP contribution in [0.3, 0.4) is 0 Å². The van der Waals surface area contributed by atoms with E-state index >= 15 is 0 Å². The predicted octanol–water partition coefficient (Wildman–Crippen LogP) is 2.41. The van der Waals surface area contributed by atoms with Crippen LogP contribution in [0.1, 0.15) is 39.0 Å². The van der Waals surface area contributed by atoms with E-state index in [4.69, 9.17) is 0 Å². The van der Waals surface area contributed by atoms with Crippen LogP contribution >= 0.6 is 24.8 Å². The lowest BCUT2D eigenvalue weighted by Crippen LogP contribution is -2.45. The van der Waals surface area contributed by atoms with Crippen molar-refractivity contribution in [2.45, 2.75) is 45.1 Å². The van der Waals surface area contributed by atoms with Crippen molar-refractivity contribution in [1.29, 1.82) is 0 Å². The van der Waals surface area contributed by atoms with Crippen molar-refractivity contribution in [1.82, 2.24) is 15.1 Å². The molecule has 6 heteroatoms. The lowest BCUT2D eigenvalue weighted by atomic mass is 9.85. The van der Waals surface area contributed by atoms with Gasteiger partial charge in [-0.2, -0.15) is 0 Å². The second kappa shape index (κ2) is 10.7. The first kappa shape index (κ1) is 22.0. The topological polar surface area (TPSA) is 35.6 Å². The van der Waals surface area contributed by atoms with E-state index in [2.05, 4.69) is 36.1 Å². The highest BCUT2D eigenvalue weighted by Crippen LogP contribution is 2.24. The van der Waals surface area contributed by atoms with Crippen LogP contribution in [-0.4, -0.2) is 62.0 Å². The molecule has 2 atom stereocenters. The first-order valence-electron chi connectivity index (χ1n) is 8.23. The van der Waals surface area contributed by atoms with E-state index < -0.39 is 0 Å². The molecule has 2 aliphatic heterocycles. The minimum Gasteiger partial charge on any atom is -0.343 e. The Morgan fingerprint density at radius 3 is 2.36 bits per heavy atom. The fourth-order valence-electron chi connectivity index (χ4n) is 3.57. The number of amides is 1. The van der Waals surface area contributed by atoms with Gasteiger partial charge >= 0.3 is 0 Å². The number of carbonyl (C=O) groups is 1. The molecule has 2 saturated heterocycles. The average Bonchev–Trinajstić information content (AvgIpc) is 2.48. The first-order chi connectivity index (χ1) is 9.58. The number of hydrogen-bond acceptors (Lipinski definition) is 3. The first-order valence-corrected chi connectivity index (χ1v) is 8.23. The van der Waals surface area contributed by atoms with Gasteiger partial charge in [0.05, 0.1) is 0 Å².